The fourth-order valence-electron chi connectivity index (χ4n) is 8.48. The summed E-state index contributed by atoms with van der Waals surface area (Å²) in [6.07, 6.45) is 6.17. The summed E-state index contributed by atoms with van der Waals surface area (Å²) in [6, 6.07) is 19.7. The Morgan fingerprint density at radius 3 is 2.54 bits per heavy atom. The second-order valence-corrected chi connectivity index (χ2v) is 17.9. The number of pyridine rings is 1. The lowest BCUT2D eigenvalue weighted by atomic mass is 9.84. The molecule has 3 N–H and O–H groups in total. The van der Waals surface area contributed by atoms with E-state index in [-0.39, 0.29) is 40.8 Å². The van der Waals surface area contributed by atoms with Gasteiger partial charge in [0, 0.05) is 100 Å². The molecule has 3 saturated heterocycles. The van der Waals surface area contributed by atoms with Gasteiger partial charge in [-0.3, -0.25) is 24.6 Å². The van der Waals surface area contributed by atoms with Crippen molar-refractivity contribution in [2.45, 2.75) is 36.6 Å². The van der Waals surface area contributed by atoms with Gasteiger partial charge in [-0.15, -0.1) is 0 Å². The van der Waals surface area contributed by atoms with Gasteiger partial charge in [0.05, 0.1) is 27.6 Å². The van der Waals surface area contributed by atoms with Gasteiger partial charge in [0.15, 0.2) is 0 Å². The van der Waals surface area contributed by atoms with Crippen molar-refractivity contribution >= 4 is 61.5 Å². The van der Waals surface area contributed by atoms with Crippen LogP contribution in [0.2, 0.25) is 5.02 Å². The van der Waals surface area contributed by atoms with E-state index in [1.807, 2.05) is 42.3 Å². The summed E-state index contributed by atoms with van der Waals surface area (Å²) < 4.78 is 41.1. The first-order chi connectivity index (χ1) is 29.4. The maximum absolute atomic E-state index is 13.9. The Kier molecular flexibility index (Phi) is 12.4. The molecule has 3 aliphatic heterocycles. The topological polar surface area (TPSA) is 192 Å². The quantitative estimate of drug-likeness (QED) is 0.0849. The lowest BCUT2D eigenvalue weighted by Gasteiger charge is -2.43. The number of amides is 2. The van der Waals surface area contributed by atoms with Crippen LogP contribution in [0.1, 0.15) is 47.6 Å². The zero-order valence-electron chi connectivity index (χ0n) is 33.6. The Bertz CT molecular complexity index is 2520. The Hall–Kier alpha value is -5.75. The minimum absolute atomic E-state index is 0.0579. The molecular formula is C43H47ClN8O8S. The molecule has 3 aliphatic rings. The highest BCUT2D eigenvalue weighted by Gasteiger charge is 2.36. The van der Waals surface area contributed by atoms with Crippen LogP contribution < -0.4 is 19.7 Å². The van der Waals surface area contributed by atoms with Gasteiger partial charge in [-0.25, -0.2) is 18.1 Å². The number of aromatic nitrogens is 2. The van der Waals surface area contributed by atoms with E-state index in [0.717, 1.165) is 61.6 Å². The molecule has 3 fully saturated rings. The lowest BCUT2D eigenvalue weighted by molar-refractivity contribution is -0.384. The molecule has 61 heavy (non-hydrogen) atoms. The predicted molar refractivity (Wildman–Crippen MR) is 231 cm³/mol. The van der Waals surface area contributed by atoms with Crippen LogP contribution >= 0.6 is 11.6 Å². The van der Waals surface area contributed by atoms with Gasteiger partial charge < -0.3 is 29.6 Å². The van der Waals surface area contributed by atoms with Crippen LogP contribution in [0.5, 0.6) is 11.5 Å². The monoisotopic (exact) mass is 870 g/mol. The molecular weight excluding hydrogens is 824 g/mol. The van der Waals surface area contributed by atoms with E-state index in [1.165, 1.54) is 24.4 Å². The summed E-state index contributed by atoms with van der Waals surface area (Å²) in [4.78, 5) is 51.5. The van der Waals surface area contributed by atoms with Gasteiger partial charge in [-0.1, -0.05) is 23.7 Å². The standard InChI is InChI=1S/C43H47ClN8O8S/c1-49-40(53)11-4-31(41(49)29-2-5-32(44)6-3-29)27-50-16-18-51(19-17-50)33-7-9-36(39(23-33)60-34-22-30-12-15-45-42(30)47-26-34)43(54)48-61(57,58)35-8-10-37(38(24-35)52(55)56)46-25-28-13-20-59-21-14-28/h2-3,5-10,12,15,22-24,26,28,31,41,46H,4,11,13-14,16-21,25,27H2,1H3,(H,45,47)(H,48,54)/t31-,41-/m1/s1. The highest BCUT2D eigenvalue weighted by atomic mass is 35.5. The lowest BCUT2D eigenvalue weighted by Crippen LogP contribution is -2.50. The number of sulfonamides is 1. The number of carbonyl (C=O) groups excluding carboxylic acids is 2. The zero-order valence-corrected chi connectivity index (χ0v) is 35.2. The number of hydrogen-bond donors (Lipinski definition) is 3. The van der Waals surface area contributed by atoms with Crippen molar-refractivity contribution in [3.05, 3.63) is 111 Å². The van der Waals surface area contributed by atoms with Crippen LogP contribution in [-0.2, 0) is 19.6 Å². The van der Waals surface area contributed by atoms with Gasteiger partial charge in [0.2, 0.25) is 5.91 Å². The summed E-state index contributed by atoms with van der Waals surface area (Å²) in [5.41, 5.74) is 2.17. The third kappa shape index (κ3) is 9.59. The molecule has 18 heteroatoms. The fourth-order valence-corrected chi connectivity index (χ4v) is 9.60. The van der Waals surface area contributed by atoms with Crippen molar-refractivity contribution in [1.29, 1.82) is 0 Å². The number of likely N-dealkylation sites (tertiary alicyclic amines) is 1. The number of H-pyrrole nitrogens is 1. The van der Waals surface area contributed by atoms with Crippen LogP contribution in [0.3, 0.4) is 0 Å². The number of nitro benzene ring substituents is 1. The second-order valence-electron chi connectivity index (χ2n) is 15.8. The predicted octanol–water partition coefficient (Wildman–Crippen LogP) is 6.61. The van der Waals surface area contributed by atoms with Gasteiger partial charge in [0.1, 0.15) is 22.8 Å². The molecule has 0 unspecified atom stereocenters. The Balaban J connectivity index is 0.991. The average molecular weight is 871 g/mol. The molecule has 16 nitrogen and oxygen atoms in total. The number of rotatable bonds is 13. The molecule has 0 spiro atoms. The number of nitro groups is 1. The van der Waals surface area contributed by atoms with E-state index in [9.17, 15) is 28.1 Å². The van der Waals surface area contributed by atoms with E-state index in [2.05, 4.69) is 29.8 Å². The van der Waals surface area contributed by atoms with Crippen LogP contribution in [0.25, 0.3) is 11.0 Å². The maximum Gasteiger partial charge on any atom is 0.293 e. The number of fused-ring (bicyclic) bond motifs is 1. The Morgan fingerprint density at radius 1 is 1.02 bits per heavy atom. The van der Waals surface area contributed by atoms with Crippen molar-refractivity contribution in [1.82, 2.24) is 24.5 Å². The molecule has 5 aromatic rings. The zero-order chi connectivity index (χ0) is 42.7. The molecule has 0 bridgehead atoms. The first kappa shape index (κ1) is 42.0. The van der Waals surface area contributed by atoms with Crippen molar-refractivity contribution < 1.29 is 32.4 Å². The highest BCUT2D eigenvalue weighted by molar-refractivity contribution is 7.90. The fraction of sp³-hybridized carbons (Fsp3) is 0.372. The number of carbonyl (C=O) groups is 2. The molecule has 320 valence electrons. The molecule has 8 rings (SSSR count). The number of halogens is 1. The SMILES string of the molecule is CN1C(=O)CC[C@H](CN2CCN(c3ccc(C(=O)NS(=O)(=O)c4ccc(NCC5CCOCC5)c([N+](=O)[O-])c4)c(Oc4cnc5[nH]ccc5c4)c3)CC2)[C@H]1c1ccc(Cl)cc1. The minimum atomic E-state index is -4.57. The smallest absolute Gasteiger partial charge is 0.293 e. The first-order valence-corrected chi connectivity index (χ1v) is 22.2. The Labute approximate surface area is 358 Å². The number of piperidine rings is 1. The molecule has 0 radical (unpaired) electrons. The van der Waals surface area contributed by atoms with Crippen molar-refractivity contribution in [2.24, 2.45) is 11.8 Å². The van der Waals surface area contributed by atoms with E-state index in [4.69, 9.17) is 21.1 Å². The van der Waals surface area contributed by atoms with Gasteiger partial charge in [0.25, 0.3) is 21.6 Å². The highest BCUT2D eigenvalue weighted by Crippen LogP contribution is 2.38. The van der Waals surface area contributed by atoms with Gasteiger partial charge >= 0.3 is 0 Å². The van der Waals surface area contributed by atoms with Crippen LogP contribution in [0.4, 0.5) is 17.1 Å². The van der Waals surface area contributed by atoms with E-state index in [1.54, 1.807) is 24.4 Å². The number of nitrogens with one attached hydrogen (secondary N) is 3. The maximum atomic E-state index is 13.9. The number of nitrogens with zero attached hydrogens (tertiary/aromatic N) is 5. The van der Waals surface area contributed by atoms with E-state index < -0.39 is 31.4 Å². The minimum Gasteiger partial charge on any atom is -0.455 e. The summed E-state index contributed by atoms with van der Waals surface area (Å²) in [5.74, 6) is 0.0856. The third-order valence-electron chi connectivity index (χ3n) is 11.9. The second kappa shape index (κ2) is 18.1. The average Bonchev–Trinajstić information content (AvgIpc) is 3.73. The molecule has 2 atom stereocenters. The van der Waals surface area contributed by atoms with E-state index in [0.29, 0.717) is 55.7 Å². The number of anilines is 2. The third-order valence-corrected chi connectivity index (χ3v) is 13.4. The first-order valence-electron chi connectivity index (χ1n) is 20.3. The van der Waals surface area contributed by atoms with E-state index >= 15 is 0 Å². The number of hydrogen-bond acceptors (Lipinski definition) is 12. The summed E-state index contributed by atoms with van der Waals surface area (Å²) >= 11 is 6.18. The molecule has 3 aromatic carbocycles. The van der Waals surface area contributed by atoms with Gasteiger partial charge in [-0.05, 0) is 85.2 Å². The summed E-state index contributed by atoms with van der Waals surface area (Å²) in [7, 11) is -2.70. The summed E-state index contributed by atoms with van der Waals surface area (Å²) in [5, 5.41) is 16.6. The summed E-state index contributed by atoms with van der Waals surface area (Å²) in [6.45, 7) is 5.37. The normalized spacial score (nSPS) is 19.2. The van der Waals surface area contributed by atoms with Gasteiger partial charge in [-0.2, -0.15) is 0 Å². The molecule has 2 amide bonds. The van der Waals surface area contributed by atoms with Crippen molar-refractivity contribution in [3.63, 3.8) is 0 Å². The molecule has 2 aromatic heterocycles. The van der Waals surface area contributed by atoms with Crippen LogP contribution in [0.15, 0.2) is 90.1 Å². The largest absolute Gasteiger partial charge is 0.455 e. The molecule has 5 heterocycles. The number of piperazine rings is 1. The number of benzene rings is 3. The number of aromatic amines is 1. The van der Waals surface area contributed by atoms with Crippen LogP contribution in [0, 0.1) is 22.0 Å². The van der Waals surface area contributed by atoms with Crippen LogP contribution in [-0.4, -0.2) is 104 Å². The molecule has 0 saturated carbocycles. The Morgan fingerprint density at radius 2 is 1.79 bits per heavy atom. The van der Waals surface area contributed by atoms with Crippen molar-refractivity contribution in [3.8, 4) is 11.5 Å². The molecule has 0 aliphatic carbocycles. The number of ether oxygens (including phenoxy) is 2. The van der Waals surface area contributed by atoms with Crippen molar-refractivity contribution in [2.75, 3.05) is 69.7 Å².